The molecule has 1 aliphatic heterocycles. The van der Waals surface area contributed by atoms with E-state index in [2.05, 4.69) is 6.92 Å². The summed E-state index contributed by atoms with van der Waals surface area (Å²) in [6, 6.07) is 8.55. The molecule has 0 aliphatic carbocycles. The number of unbranched alkanes of at least 4 members (excludes halogenated alkanes) is 4. The highest BCUT2D eigenvalue weighted by molar-refractivity contribution is 7.95. The molecule has 0 saturated heterocycles. The molecule has 3 nitrogen and oxygen atoms in total. The molecule has 0 amide bonds. The van der Waals surface area contributed by atoms with E-state index in [0.717, 1.165) is 18.6 Å². The molecule has 0 aromatic heterocycles. The number of benzene rings is 1. The van der Waals surface area contributed by atoms with Crippen LogP contribution in [0.1, 0.15) is 58.8 Å². The van der Waals surface area contributed by atoms with Crippen molar-refractivity contribution >= 4 is 9.84 Å². The van der Waals surface area contributed by atoms with Crippen LogP contribution in [0.2, 0.25) is 0 Å². The van der Waals surface area contributed by atoms with Crippen LogP contribution in [0.25, 0.3) is 0 Å². The van der Waals surface area contributed by atoms with E-state index < -0.39 is 9.84 Å². The second kappa shape index (κ2) is 8.34. The van der Waals surface area contributed by atoms with E-state index >= 15 is 0 Å². The van der Waals surface area contributed by atoms with Crippen molar-refractivity contribution in [3.05, 3.63) is 52.8 Å². The average molecular weight is 334 g/mol. The van der Waals surface area contributed by atoms with Gasteiger partial charge in [0.25, 0.3) is 0 Å². The average Bonchev–Trinajstić information content (AvgIpc) is 2.55. The Morgan fingerprint density at radius 3 is 2.39 bits per heavy atom. The van der Waals surface area contributed by atoms with E-state index in [9.17, 15) is 8.42 Å². The lowest BCUT2D eigenvalue weighted by atomic mass is 10.1. The topological polar surface area (TPSA) is 43.4 Å². The lowest BCUT2D eigenvalue weighted by Crippen LogP contribution is -2.11. The van der Waals surface area contributed by atoms with Crippen LogP contribution in [0.3, 0.4) is 0 Å². The largest absolute Gasteiger partial charge is 0.466 e. The summed E-state index contributed by atoms with van der Waals surface area (Å²) in [5.74, 6) is 1.42. The third kappa shape index (κ3) is 4.71. The number of sulfone groups is 1. The summed E-state index contributed by atoms with van der Waals surface area (Å²) >= 11 is 0. The lowest BCUT2D eigenvalue weighted by molar-refractivity contribution is 0.277. The van der Waals surface area contributed by atoms with Gasteiger partial charge in [-0.2, -0.15) is 0 Å². The zero-order valence-corrected chi connectivity index (χ0v) is 14.9. The zero-order valence-electron chi connectivity index (χ0n) is 14.0. The molecule has 1 heterocycles. The van der Waals surface area contributed by atoms with Crippen molar-refractivity contribution in [3.63, 3.8) is 0 Å². The van der Waals surface area contributed by atoms with Crippen molar-refractivity contribution < 1.29 is 13.2 Å². The number of hydrogen-bond donors (Lipinski definition) is 0. The standard InChI is InChI=1S/C19H26O3S/c1-3-4-5-6-8-11-17-14-15-19(16(2)22-17)23(20,21)18-12-9-7-10-13-18/h7,9-10,12-14H,3-6,8,11,15H2,1-2H3. The van der Waals surface area contributed by atoms with Gasteiger partial charge in [0.2, 0.25) is 9.84 Å². The molecule has 126 valence electrons. The second-order valence-corrected chi connectivity index (χ2v) is 7.91. The summed E-state index contributed by atoms with van der Waals surface area (Å²) in [6.45, 7) is 3.95. The molecular formula is C19H26O3S. The molecule has 0 unspecified atom stereocenters. The maximum absolute atomic E-state index is 12.7. The highest BCUT2D eigenvalue weighted by Crippen LogP contribution is 2.31. The van der Waals surface area contributed by atoms with Crippen LogP contribution in [0.15, 0.2) is 57.7 Å². The predicted molar refractivity (Wildman–Crippen MR) is 93.5 cm³/mol. The minimum absolute atomic E-state index is 0.328. The van der Waals surface area contributed by atoms with Crippen molar-refractivity contribution in [2.24, 2.45) is 0 Å². The van der Waals surface area contributed by atoms with Gasteiger partial charge >= 0.3 is 0 Å². The Kier molecular flexibility index (Phi) is 6.46. The number of allylic oxidation sites excluding steroid dienone is 4. The molecule has 0 bridgehead atoms. The van der Waals surface area contributed by atoms with E-state index in [4.69, 9.17) is 4.74 Å². The first kappa shape index (κ1) is 17.8. The van der Waals surface area contributed by atoms with E-state index in [-0.39, 0.29) is 0 Å². The van der Waals surface area contributed by atoms with Crippen molar-refractivity contribution in [1.82, 2.24) is 0 Å². The van der Waals surface area contributed by atoms with Crippen LogP contribution in [0.4, 0.5) is 0 Å². The van der Waals surface area contributed by atoms with Gasteiger partial charge < -0.3 is 4.74 Å². The normalized spacial score (nSPS) is 15.3. The van der Waals surface area contributed by atoms with Crippen LogP contribution < -0.4 is 0 Å². The van der Waals surface area contributed by atoms with Crippen LogP contribution in [-0.2, 0) is 14.6 Å². The maximum Gasteiger partial charge on any atom is 0.206 e. The molecule has 0 spiro atoms. The number of ether oxygens (including phenoxy) is 1. The van der Waals surface area contributed by atoms with Gasteiger partial charge in [0.1, 0.15) is 5.76 Å². The van der Waals surface area contributed by atoms with Gasteiger partial charge in [-0.1, -0.05) is 50.8 Å². The Bertz CT molecular complexity index is 670. The second-order valence-electron chi connectivity index (χ2n) is 5.94. The number of rotatable bonds is 8. The molecule has 4 heteroatoms. The molecule has 1 aromatic rings. The third-order valence-electron chi connectivity index (χ3n) is 4.10. The first-order valence-electron chi connectivity index (χ1n) is 8.42. The van der Waals surface area contributed by atoms with Crippen LogP contribution in [0, 0.1) is 0 Å². The van der Waals surface area contributed by atoms with Gasteiger partial charge in [-0.05, 0) is 31.6 Å². The fourth-order valence-electron chi connectivity index (χ4n) is 2.74. The monoisotopic (exact) mass is 334 g/mol. The Morgan fingerprint density at radius 2 is 1.74 bits per heavy atom. The number of hydrogen-bond acceptors (Lipinski definition) is 3. The van der Waals surface area contributed by atoms with E-state index in [1.54, 1.807) is 31.2 Å². The van der Waals surface area contributed by atoms with Crippen LogP contribution in [-0.4, -0.2) is 8.42 Å². The quantitative estimate of drug-likeness (QED) is 0.601. The summed E-state index contributed by atoms with van der Waals surface area (Å²) in [5, 5.41) is 0. The SMILES string of the molecule is CCCCCCCC1=CCC(S(=O)(=O)c2ccccc2)=C(C)O1. The lowest BCUT2D eigenvalue weighted by Gasteiger charge is -2.20. The van der Waals surface area contributed by atoms with Gasteiger partial charge in [0.15, 0.2) is 0 Å². The summed E-state index contributed by atoms with van der Waals surface area (Å²) in [7, 11) is -3.46. The van der Waals surface area contributed by atoms with Gasteiger partial charge in [-0.3, -0.25) is 0 Å². The van der Waals surface area contributed by atoms with E-state index in [1.165, 1.54) is 25.7 Å². The van der Waals surface area contributed by atoms with Gasteiger partial charge in [-0.25, -0.2) is 8.42 Å². The minimum atomic E-state index is -3.46. The molecule has 23 heavy (non-hydrogen) atoms. The van der Waals surface area contributed by atoms with Crippen LogP contribution in [0.5, 0.6) is 0 Å². The molecular weight excluding hydrogens is 308 g/mol. The summed E-state index contributed by atoms with van der Waals surface area (Å²) in [6.07, 6.45) is 9.30. The molecule has 0 atom stereocenters. The Hall–Kier alpha value is -1.55. The van der Waals surface area contributed by atoms with E-state index in [1.807, 2.05) is 12.1 Å². The first-order valence-corrected chi connectivity index (χ1v) is 9.90. The molecule has 1 aromatic carbocycles. The fourth-order valence-corrected chi connectivity index (χ4v) is 4.27. The third-order valence-corrected chi connectivity index (χ3v) is 6.09. The fraction of sp³-hybridized carbons (Fsp3) is 0.474. The Labute approximate surface area is 140 Å². The van der Waals surface area contributed by atoms with Crippen molar-refractivity contribution in [2.75, 3.05) is 0 Å². The van der Waals surface area contributed by atoms with Gasteiger partial charge in [0, 0.05) is 12.8 Å². The first-order chi connectivity index (χ1) is 11.1. The molecule has 0 saturated carbocycles. The van der Waals surface area contributed by atoms with Crippen molar-refractivity contribution in [3.8, 4) is 0 Å². The summed E-state index contributed by atoms with van der Waals surface area (Å²) in [4.78, 5) is 0.702. The Balaban J connectivity index is 1.98. The molecule has 0 N–H and O–H groups in total. The maximum atomic E-state index is 12.7. The Morgan fingerprint density at radius 1 is 1.04 bits per heavy atom. The molecule has 2 rings (SSSR count). The summed E-state index contributed by atoms with van der Waals surface area (Å²) in [5.41, 5.74) is 0. The van der Waals surface area contributed by atoms with Crippen molar-refractivity contribution in [1.29, 1.82) is 0 Å². The molecule has 0 radical (unpaired) electrons. The van der Waals surface area contributed by atoms with E-state index in [0.29, 0.717) is 22.0 Å². The highest BCUT2D eigenvalue weighted by atomic mass is 32.2. The summed E-state index contributed by atoms with van der Waals surface area (Å²) < 4.78 is 31.1. The molecule has 1 aliphatic rings. The highest BCUT2D eigenvalue weighted by Gasteiger charge is 2.26. The smallest absolute Gasteiger partial charge is 0.206 e. The van der Waals surface area contributed by atoms with Crippen molar-refractivity contribution in [2.45, 2.75) is 63.7 Å². The van der Waals surface area contributed by atoms with Gasteiger partial charge in [-0.15, -0.1) is 0 Å². The molecule has 0 fully saturated rings. The predicted octanol–water partition coefficient (Wildman–Crippen LogP) is 5.36. The van der Waals surface area contributed by atoms with Crippen LogP contribution >= 0.6 is 0 Å². The zero-order chi connectivity index (χ0) is 16.7. The minimum Gasteiger partial charge on any atom is -0.466 e. The van der Waals surface area contributed by atoms with Gasteiger partial charge in [0.05, 0.1) is 15.6 Å².